The Balaban J connectivity index is 3.07. The summed E-state index contributed by atoms with van der Waals surface area (Å²) in [6.07, 6.45) is 18.8. The van der Waals surface area contributed by atoms with E-state index in [4.69, 9.17) is 0 Å². The Hall–Kier alpha value is -0.850. The molecular formula is C14H24O. The molecule has 86 valence electrons. The summed E-state index contributed by atoms with van der Waals surface area (Å²) in [5, 5.41) is 0. The third-order valence-corrected chi connectivity index (χ3v) is 2.41. The van der Waals surface area contributed by atoms with Crippen LogP contribution in [-0.4, -0.2) is 6.29 Å². The molecule has 0 fully saturated rings. The van der Waals surface area contributed by atoms with Crippen LogP contribution in [0.15, 0.2) is 24.3 Å². The van der Waals surface area contributed by atoms with Gasteiger partial charge in [-0.1, -0.05) is 63.7 Å². The van der Waals surface area contributed by atoms with Crippen molar-refractivity contribution in [3.8, 4) is 0 Å². The second-order valence-electron chi connectivity index (χ2n) is 3.86. The third kappa shape index (κ3) is 13.2. The van der Waals surface area contributed by atoms with Crippen molar-refractivity contribution in [2.24, 2.45) is 0 Å². The first kappa shape index (κ1) is 14.2. The summed E-state index contributed by atoms with van der Waals surface area (Å²) in [6, 6.07) is 0. The van der Waals surface area contributed by atoms with Crippen LogP contribution in [0.25, 0.3) is 0 Å². The van der Waals surface area contributed by atoms with Crippen LogP contribution in [0.5, 0.6) is 0 Å². The summed E-state index contributed by atoms with van der Waals surface area (Å²) in [5.74, 6) is 0. The van der Waals surface area contributed by atoms with Gasteiger partial charge in [0.2, 0.25) is 0 Å². The molecule has 0 N–H and O–H groups in total. The van der Waals surface area contributed by atoms with Gasteiger partial charge in [0.25, 0.3) is 0 Å². The van der Waals surface area contributed by atoms with Gasteiger partial charge in [0.05, 0.1) is 0 Å². The summed E-state index contributed by atoms with van der Waals surface area (Å²) in [4.78, 5) is 9.94. The van der Waals surface area contributed by atoms with Crippen molar-refractivity contribution in [2.75, 3.05) is 0 Å². The Morgan fingerprint density at radius 2 is 1.47 bits per heavy atom. The Bertz CT molecular complexity index is 180. The minimum absolute atomic E-state index is 0.804. The number of carbonyl (C=O) groups excluding carboxylic acids is 1. The number of allylic oxidation sites excluding steroid dienone is 4. The molecule has 1 heteroatoms. The number of hydrogen-bond acceptors (Lipinski definition) is 1. The third-order valence-electron chi connectivity index (χ3n) is 2.41. The van der Waals surface area contributed by atoms with Crippen molar-refractivity contribution >= 4 is 6.29 Å². The lowest BCUT2D eigenvalue weighted by atomic mass is 10.1. The molecule has 0 aromatic carbocycles. The van der Waals surface area contributed by atoms with Crippen LogP contribution < -0.4 is 0 Å². The predicted octanol–water partition coefficient (Wildman–Crippen LogP) is 4.44. The van der Waals surface area contributed by atoms with E-state index in [2.05, 4.69) is 13.0 Å². The molecule has 0 atom stereocenters. The van der Waals surface area contributed by atoms with Crippen molar-refractivity contribution < 1.29 is 4.79 Å². The molecule has 0 saturated carbocycles. The highest BCUT2D eigenvalue weighted by molar-refractivity contribution is 5.65. The standard InChI is InChI=1S/C14H24O/c1-2-3-4-5-6-7-8-9-10-11-12-13-14-15/h10-14H,2-9H2,1H3/b11-10+,13-12-. The first-order valence-electron chi connectivity index (χ1n) is 6.18. The molecule has 0 aliphatic carbocycles. The maximum absolute atomic E-state index is 9.94. The van der Waals surface area contributed by atoms with Gasteiger partial charge in [-0.3, -0.25) is 4.79 Å². The Morgan fingerprint density at radius 1 is 0.800 bits per heavy atom. The minimum Gasteiger partial charge on any atom is -0.299 e. The number of aldehydes is 1. The summed E-state index contributed by atoms with van der Waals surface area (Å²) < 4.78 is 0. The molecule has 0 radical (unpaired) electrons. The molecule has 0 unspecified atom stereocenters. The van der Waals surface area contributed by atoms with Gasteiger partial charge < -0.3 is 0 Å². The topological polar surface area (TPSA) is 17.1 Å². The van der Waals surface area contributed by atoms with Crippen molar-refractivity contribution in [3.05, 3.63) is 24.3 Å². The van der Waals surface area contributed by atoms with Crippen molar-refractivity contribution in [3.63, 3.8) is 0 Å². The van der Waals surface area contributed by atoms with E-state index < -0.39 is 0 Å². The second-order valence-corrected chi connectivity index (χ2v) is 3.86. The summed E-state index contributed by atoms with van der Waals surface area (Å²) in [6.45, 7) is 2.25. The molecule has 0 amide bonds. The first-order chi connectivity index (χ1) is 7.41. The Morgan fingerprint density at radius 3 is 2.13 bits per heavy atom. The van der Waals surface area contributed by atoms with E-state index in [1.165, 1.54) is 51.0 Å². The highest BCUT2D eigenvalue weighted by Gasteiger charge is 1.88. The molecule has 0 aliphatic heterocycles. The van der Waals surface area contributed by atoms with Gasteiger partial charge in [0.15, 0.2) is 0 Å². The molecule has 0 heterocycles. The van der Waals surface area contributed by atoms with Crippen LogP contribution in [0.2, 0.25) is 0 Å². The second kappa shape index (κ2) is 13.2. The maximum atomic E-state index is 9.94. The van der Waals surface area contributed by atoms with Gasteiger partial charge in [0.1, 0.15) is 6.29 Å². The van der Waals surface area contributed by atoms with E-state index in [-0.39, 0.29) is 0 Å². The predicted molar refractivity (Wildman–Crippen MR) is 67.0 cm³/mol. The first-order valence-corrected chi connectivity index (χ1v) is 6.18. The van der Waals surface area contributed by atoms with E-state index in [1.54, 1.807) is 6.08 Å². The van der Waals surface area contributed by atoms with E-state index in [9.17, 15) is 4.79 Å². The van der Waals surface area contributed by atoms with Gasteiger partial charge in [0, 0.05) is 0 Å². The lowest BCUT2D eigenvalue weighted by Gasteiger charge is -1.98. The van der Waals surface area contributed by atoms with Gasteiger partial charge in [-0.15, -0.1) is 0 Å². The molecule has 0 saturated heterocycles. The summed E-state index contributed by atoms with van der Waals surface area (Å²) >= 11 is 0. The SMILES string of the molecule is CCCCCCCCC/C=C/C=C\C=O. The molecule has 0 aromatic heterocycles. The zero-order chi connectivity index (χ0) is 11.2. The monoisotopic (exact) mass is 208 g/mol. The van der Waals surface area contributed by atoms with E-state index in [0.29, 0.717) is 0 Å². The maximum Gasteiger partial charge on any atom is 0.142 e. The molecule has 0 aliphatic rings. The molecule has 0 bridgehead atoms. The molecule has 0 rings (SSSR count). The van der Waals surface area contributed by atoms with E-state index in [0.717, 1.165) is 12.7 Å². The van der Waals surface area contributed by atoms with Crippen molar-refractivity contribution in [2.45, 2.75) is 58.3 Å². The van der Waals surface area contributed by atoms with Gasteiger partial charge in [-0.2, -0.15) is 0 Å². The van der Waals surface area contributed by atoms with Crippen LogP contribution in [-0.2, 0) is 4.79 Å². The Kier molecular flexibility index (Phi) is 12.4. The average Bonchev–Trinajstić information content (AvgIpc) is 2.26. The fraction of sp³-hybridized carbons (Fsp3) is 0.643. The quantitative estimate of drug-likeness (QED) is 0.224. The fourth-order valence-electron chi connectivity index (χ4n) is 1.50. The van der Waals surface area contributed by atoms with Crippen LogP contribution in [0.1, 0.15) is 58.3 Å². The minimum atomic E-state index is 0.804. The van der Waals surface area contributed by atoms with E-state index in [1.807, 2.05) is 6.08 Å². The average molecular weight is 208 g/mol. The van der Waals surface area contributed by atoms with Gasteiger partial charge >= 0.3 is 0 Å². The number of unbranched alkanes of at least 4 members (excludes halogenated alkanes) is 7. The van der Waals surface area contributed by atoms with Crippen LogP contribution in [0, 0.1) is 0 Å². The highest BCUT2D eigenvalue weighted by atomic mass is 16.1. The molecule has 0 aromatic rings. The van der Waals surface area contributed by atoms with Crippen LogP contribution in [0.4, 0.5) is 0 Å². The normalized spacial score (nSPS) is 11.5. The lowest BCUT2D eigenvalue weighted by molar-refractivity contribution is -0.104. The molecular weight excluding hydrogens is 184 g/mol. The number of rotatable bonds is 10. The fourth-order valence-corrected chi connectivity index (χ4v) is 1.50. The van der Waals surface area contributed by atoms with Gasteiger partial charge in [-0.25, -0.2) is 0 Å². The summed E-state index contributed by atoms with van der Waals surface area (Å²) in [7, 11) is 0. The van der Waals surface area contributed by atoms with Crippen LogP contribution >= 0.6 is 0 Å². The van der Waals surface area contributed by atoms with Crippen molar-refractivity contribution in [1.82, 2.24) is 0 Å². The lowest BCUT2D eigenvalue weighted by Crippen LogP contribution is -1.78. The zero-order valence-electron chi connectivity index (χ0n) is 9.95. The zero-order valence-corrected chi connectivity index (χ0v) is 9.95. The molecule has 0 spiro atoms. The molecule has 15 heavy (non-hydrogen) atoms. The number of hydrogen-bond donors (Lipinski definition) is 0. The van der Waals surface area contributed by atoms with Crippen LogP contribution in [0.3, 0.4) is 0 Å². The van der Waals surface area contributed by atoms with Crippen molar-refractivity contribution in [1.29, 1.82) is 0 Å². The highest BCUT2D eigenvalue weighted by Crippen LogP contribution is 2.08. The smallest absolute Gasteiger partial charge is 0.142 e. The largest absolute Gasteiger partial charge is 0.299 e. The molecule has 1 nitrogen and oxygen atoms in total. The number of carbonyl (C=O) groups is 1. The summed E-state index contributed by atoms with van der Waals surface area (Å²) in [5.41, 5.74) is 0. The Labute approximate surface area is 94.3 Å². The van der Waals surface area contributed by atoms with Gasteiger partial charge in [-0.05, 0) is 18.9 Å². The van der Waals surface area contributed by atoms with E-state index >= 15 is 0 Å².